The number of hydrogen-bond acceptors (Lipinski definition) is 1. The summed E-state index contributed by atoms with van der Waals surface area (Å²) in [5.41, 5.74) is 7.13. The Hall–Kier alpha value is -1.57. The van der Waals surface area contributed by atoms with Gasteiger partial charge < -0.3 is 5.73 Å². The number of primary amides is 1. The number of nitrogens with two attached hydrogens (primary N) is 1. The average Bonchev–Trinajstić information content (AvgIpc) is 2.03. The van der Waals surface area contributed by atoms with Crippen molar-refractivity contribution in [3.05, 3.63) is 41.5 Å². The number of carbonyl (C=O) groups excluding carboxylic acids is 1. The Morgan fingerprint density at radius 3 is 2.42 bits per heavy atom. The van der Waals surface area contributed by atoms with E-state index in [1.807, 2.05) is 31.2 Å². The van der Waals surface area contributed by atoms with Crippen LogP contribution in [-0.4, -0.2) is 5.91 Å². The zero-order valence-electron chi connectivity index (χ0n) is 6.95. The van der Waals surface area contributed by atoms with Crippen molar-refractivity contribution in [2.24, 2.45) is 5.73 Å². The molecule has 1 rings (SSSR count). The molecule has 12 heavy (non-hydrogen) atoms. The van der Waals surface area contributed by atoms with Gasteiger partial charge >= 0.3 is 0 Å². The minimum absolute atomic E-state index is 0.421. The summed E-state index contributed by atoms with van der Waals surface area (Å²) >= 11 is 0. The summed E-state index contributed by atoms with van der Waals surface area (Å²) in [6.45, 7) is 2.02. The van der Waals surface area contributed by atoms with Crippen LogP contribution < -0.4 is 5.73 Å². The van der Waals surface area contributed by atoms with Crippen LogP contribution in [0.2, 0.25) is 0 Å². The molecule has 0 heterocycles. The zero-order chi connectivity index (χ0) is 8.97. The predicted molar refractivity (Wildman–Crippen MR) is 49.4 cm³/mol. The normalized spacial score (nSPS) is 10.4. The Balaban J connectivity index is 2.77. The van der Waals surface area contributed by atoms with E-state index in [9.17, 15) is 4.79 Å². The molecule has 0 aliphatic heterocycles. The molecule has 0 saturated heterocycles. The van der Waals surface area contributed by atoms with Gasteiger partial charge in [0, 0.05) is 6.08 Å². The second-order valence-corrected chi connectivity index (χ2v) is 2.65. The molecule has 0 aliphatic rings. The van der Waals surface area contributed by atoms with E-state index < -0.39 is 5.91 Å². The third kappa shape index (κ3) is 2.58. The van der Waals surface area contributed by atoms with Crippen LogP contribution in [0.1, 0.15) is 11.1 Å². The van der Waals surface area contributed by atoms with Gasteiger partial charge in [-0.1, -0.05) is 29.8 Å². The first kappa shape index (κ1) is 8.53. The van der Waals surface area contributed by atoms with Gasteiger partial charge in [-0.3, -0.25) is 4.79 Å². The molecule has 0 aliphatic carbocycles. The number of benzene rings is 1. The minimum Gasteiger partial charge on any atom is -0.366 e. The van der Waals surface area contributed by atoms with Gasteiger partial charge in [-0.05, 0) is 18.6 Å². The first-order valence-electron chi connectivity index (χ1n) is 3.72. The van der Waals surface area contributed by atoms with Gasteiger partial charge in [0.25, 0.3) is 0 Å². The molecule has 1 aromatic rings. The molecule has 2 heteroatoms. The Kier molecular flexibility index (Phi) is 2.64. The molecule has 0 spiro atoms. The molecule has 1 amide bonds. The summed E-state index contributed by atoms with van der Waals surface area (Å²) in [5, 5.41) is 0. The van der Waals surface area contributed by atoms with Crippen LogP contribution in [0, 0.1) is 6.92 Å². The lowest BCUT2D eigenvalue weighted by molar-refractivity contribution is -0.113. The van der Waals surface area contributed by atoms with Crippen molar-refractivity contribution in [3.63, 3.8) is 0 Å². The van der Waals surface area contributed by atoms with Gasteiger partial charge in [0.15, 0.2) is 0 Å². The maximum atomic E-state index is 10.4. The molecule has 0 saturated carbocycles. The minimum atomic E-state index is -0.421. The van der Waals surface area contributed by atoms with E-state index in [0.717, 1.165) is 5.56 Å². The number of amides is 1. The summed E-state index contributed by atoms with van der Waals surface area (Å²) in [4.78, 5) is 10.4. The lowest BCUT2D eigenvalue weighted by Crippen LogP contribution is -2.04. The van der Waals surface area contributed by atoms with Gasteiger partial charge in [0.1, 0.15) is 0 Å². The number of aryl methyl sites for hydroxylation is 1. The maximum Gasteiger partial charge on any atom is 0.241 e. The fourth-order valence-electron chi connectivity index (χ4n) is 0.856. The number of rotatable bonds is 2. The fourth-order valence-corrected chi connectivity index (χ4v) is 0.856. The molecule has 0 unspecified atom stereocenters. The third-order valence-electron chi connectivity index (χ3n) is 1.52. The molecule has 62 valence electrons. The van der Waals surface area contributed by atoms with Crippen LogP contribution in [0.4, 0.5) is 0 Å². The van der Waals surface area contributed by atoms with Crippen molar-refractivity contribution in [3.8, 4) is 0 Å². The van der Waals surface area contributed by atoms with Crippen LogP contribution in [0.25, 0.3) is 6.08 Å². The lowest BCUT2D eigenvalue weighted by Gasteiger charge is -1.93. The summed E-state index contributed by atoms with van der Waals surface area (Å²) in [6, 6.07) is 7.85. The van der Waals surface area contributed by atoms with Gasteiger partial charge in [0.05, 0.1) is 0 Å². The molecule has 0 aromatic heterocycles. The van der Waals surface area contributed by atoms with Crippen molar-refractivity contribution in [1.29, 1.82) is 0 Å². The lowest BCUT2D eigenvalue weighted by atomic mass is 10.1. The predicted octanol–water partition coefficient (Wildman–Crippen LogP) is 1.49. The average molecular weight is 161 g/mol. The topological polar surface area (TPSA) is 43.1 Å². The van der Waals surface area contributed by atoms with Gasteiger partial charge in [0.2, 0.25) is 5.91 Å². The van der Waals surface area contributed by atoms with E-state index in [2.05, 4.69) is 0 Å². The Morgan fingerprint density at radius 2 is 1.92 bits per heavy atom. The van der Waals surface area contributed by atoms with E-state index in [1.165, 1.54) is 11.6 Å². The van der Waals surface area contributed by atoms with Gasteiger partial charge in [-0.15, -0.1) is 0 Å². The Bertz CT molecular complexity index is 298. The van der Waals surface area contributed by atoms with E-state index in [4.69, 9.17) is 5.73 Å². The SMILES string of the molecule is Cc1ccc(/C=C\C(N)=O)cc1. The van der Waals surface area contributed by atoms with Crippen LogP contribution in [0.15, 0.2) is 30.3 Å². The molecule has 0 bridgehead atoms. The van der Waals surface area contributed by atoms with Crippen LogP contribution in [0.3, 0.4) is 0 Å². The second kappa shape index (κ2) is 3.72. The van der Waals surface area contributed by atoms with Crippen LogP contribution in [-0.2, 0) is 4.79 Å². The van der Waals surface area contributed by atoms with E-state index in [1.54, 1.807) is 6.08 Å². The first-order chi connectivity index (χ1) is 5.68. The van der Waals surface area contributed by atoms with Gasteiger partial charge in [-0.25, -0.2) is 0 Å². The molecular weight excluding hydrogens is 150 g/mol. The number of carbonyl (C=O) groups is 1. The summed E-state index contributed by atoms with van der Waals surface area (Å²) in [7, 11) is 0. The summed E-state index contributed by atoms with van der Waals surface area (Å²) in [5.74, 6) is -0.421. The fraction of sp³-hybridized carbons (Fsp3) is 0.100. The zero-order valence-corrected chi connectivity index (χ0v) is 6.95. The quantitative estimate of drug-likeness (QED) is 0.656. The monoisotopic (exact) mass is 161 g/mol. The molecule has 0 radical (unpaired) electrons. The van der Waals surface area contributed by atoms with E-state index in [0.29, 0.717) is 0 Å². The highest BCUT2D eigenvalue weighted by molar-refractivity contribution is 5.90. The number of hydrogen-bond donors (Lipinski definition) is 1. The summed E-state index contributed by atoms with van der Waals surface area (Å²) in [6.07, 6.45) is 3.05. The third-order valence-corrected chi connectivity index (χ3v) is 1.52. The molecular formula is C10H11NO. The van der Waals surface area contributed by atoms with E-state index in [-0.39, 0.29) is 0 Å². The summed E-state index contributed by atoms with van der Waals surface area (Å²) < 4.78 is 0. The standard InChI is InChI=1S/C10H11NO/c1-8-2-4-9(5-3-8)6-7-10(11)12/h2-7H,1H3,(H2,11,12)/b7-6-. The smallest absolute Gasteiger partial charge is 0.241 e. The molecule has 2 N–H and O–H groups in total. The van der Waals surface area contributed by atoms with Crippen molar-refractivity contribution in [1.82, 2.24) is 0 Å². The Labute approximate surface area is 71.7 Å². The van der Waals surface area contributed by atoms with Crippen LogP contribution in [0.5, 0.6) is 0 Å². The molecule has 0 fully saturated rings. The van der Waals surface area contributed by atoms with Crippen LogP contribution >= 0.6 is 0 Å². The highest BCUT2D eigenvalue weighted by atomic mass is 16.1. The maximum absolute atomic E-state index is 10.4. The molecule has 0 atom stereocenters. The van der Waals surface area contributed by atoms with Crippen molar-refractivity contribution in [2.45, 2.75) is 6.92 Å². The van der Waals surface area contributed by atoms with Crippen molar-refractivity contribution < 1.29 is 4.79 Å². The van der Waals surface area contributed by atoms with Gasteiger partial charge in [-0.2, -0.15) is 0 Å². The highest BCUT2D eigenvalue weighted by Crippen LogP contribution is 2.04. The molecule has 2 nitrogen and oxygen atoms in total. The largest absolute Gasteiger partial charge is 0.366 e. The molecule has 1 aromatic carbocycles. The van der Waals surface area contributed by atoms with E-state index >= 15 is 0 Å². The highest BCUT2D eigenvalue weighted by Gasteiger charge is 1.87. The second-order valence-electron chi connectivity index (χ2n) is 2.65. The Morgan fingerprint density at radius 1 is 1.33 bits per heavy atom. The first-order valence-corrected chi connectivity index (χ1v) is 3.72. The van der Waals surface area contributed by atoms with Crippen molar-refractivity contribution >= 4 is 12.0 Å². The van der Waals surface area contributed by atoms with Crippen molar-refractivity contribution in [2.75, 3.05) is 0 Å².